The van der Waals surface area contributed by atoms with E-state index in [0.29, 0.717) is 9.87 Å². The summed E-state index contributed by atoms with van der Waals surface area (Å²) < 4.78 is 43.3. The van der Waals surface area contributed by atoms with Gasteiger partial charge in [0, 0.05) is 48.2 Å². The minimum absolute atomic E-state index is 0.108. The smallest absolute Gasteiger partial charge is 0.304 e. The van der Waals surface area contributed by atoms with Gasteiger partial charge in [-0.15, -0.1) is 0 Å². The van der Waals surface area contributed by atoms with Crippen LogP contribution >= 0.6 is 23.2 Å². The molecule has 0 saturated carbocycles. The lowest BCUT2D eigenvalue weighted by Crippen LogP contribution is -2.56. The molecule has 3 rings (SSSR count). The summed E-state index contributed by atoms with van der Waals surface area (Å²) in [5.74, 6) is -2.05. The summed E-state index contributed by atoms with van der Waals surface area (Å²) in [6.07, 6.45) is 0.108. The highest BCUT2D eigenvalue weighted by atomic mass is 35.5. The molecule has 3 aromatic rings. The van der Waals surface area contributed by atoms with Crippen LogP contribution in [-0.2, 0) is 32.8 Å². The van der Waals surface area contributed by atoms with Gasteiger partial charge in [0.1, 0.15) is 18.4 Å². The average Bonchev–Trinajstić information content (AvgIpc) is 2.90. The molecule has 226 valence electrons. The Labute approximate surface area is 257 Å². The van der Waals surface area contributed by atoms with Crippen LogP contribution in [0, 0.1) is 5.82 Å². The number of halogens is 3. The minimum Gasteiger partial charge on any atom is -0.350 e. The molecule has 0 saturated heterocycles. The van der Waals surface area contributed by atoms with Crippen LogP contribution in [0.3, 0.4) is 0 Å². The van der Waals surface area contributed by atoms with Crippen molar-refractivity contribution in [2.75, 3.05) is 24.9 Å². The molecule has 0 spiro atoms. The molecule has 0 aromatic heterocycles. The molecule has 0 aliphatic rings. The molecule has 0 bridgehead atoms. The number of rotatable bonds is 11. The van der Waals surface area contributed by atoms with E-state index in [1.807, 2.05) is 51.1 Å². The first-order valence-electron chi connectivity index (χ1n) is 13.1. The van der Waals surface area contributed by atoms with E-state index in [1.54, 1.807) is 18.2 Å². The fourth-order valence-corrected chi connectivity index (χ4v) is 5.80. The van der Waals surface area contributed by atoms with Gasteiger partial charge in [-0.1, -0.05) is 71.7 Å². The Morgan fingerprint density at radius 1 is 0.905 bits per heavy atom. The highest BCUT2D eigenvalue weighted by Gasteiger charge is 2.36. The first-order valence-corrected chi connectivity index (χ1v) is 15.3. The third kappa shape index (κ3) is 8.44. The van der Waals surface area contributed by atoms with E-state index in [0.717, 1.165) is 15.9 Å². The van der Waals surface area contributed by atoms with Crippen molar-refractivity contribution in [1.29, 1.82) is 0 Å². The van der Waals surface area contributed by atoms with Crippen LogP contribution in [0.1, 0.15) is 31.9 Å². The molecule has 1 N–H and O–H groups in total. The summed E-state index contributed by atoms with van der Waals surface area (Å²) >= 11 is 13.0. The van der Waals surface area contributed by atoms with Crippen molar-refractivity contribution in [1.82, 2.24) is 14.5 Å². The summed E-state index contributed by atoms with van der Waals surface area (Å²) in [4.78, 5) is 29.3. The fraction of sp³-hybridized carbons (Fsp3) is 0.333. The lowest BCUT2D eigenvalue weighted by atomic mass is 10.0. The normalized spacial score (nSPS) is 12.6. The molecule has 12 heteroatoms. The second-order valence-electron chi connectivity index (χ2n) is 10.9. The summed E-state index contributed by atoms with van der Waals surface area (Å²) in [7, 11) is -1.78. The quantitative estimate of drug-likeness (QED) is 0.309. The zero-order valence-electron chi connectivity index (χ0n) is 24.1. The predicted octanol–water partition coefficient (Wildman–Crippen LogP) is 5.30. The highest BCUT2D eigenvalue weighted by molar-refractivity contribution is 7.90. The van der Waals surface area contributed by atoms with Crippen molar-refractivity contribution in [3.05, 3.63) is 99.8 Å². The number of nitrogens with zero attached hydrogens (tertiary/aromatic N) is 3. The second-order valence-corrected chi connectivity index (χ2v) is 13.8. The number of hydrogen-bond donors (Lipinski definition) is 1. The topological polar surface area (TPSA) is 90.0 Å². The molecular formula is C30H35Cl2FN4O4S. The highest BCUT2D eigenvalue weighted by Crippen LogP contribution is 2.29. The Morgan fingerprint density at radius 2 is 1.48 bits per heavy atom. The van der Waals surface area contributed by atoms with Crippen molar-refractivity contribution >= 4 is 50.9 Å². The molecule has 2 amide bonds. The van der Waals surface area contributed by atoms with Gasteiger partial charge in [-0.3, -0.25) is 9.59 Å². The van der Waals surface area contributed by atoms with Gasteiger partial charge < -0.3 is 10.2 Å². The van der Waals surface area contributed by atoms with Gasteiger partial charge in [0.15, 0.2) is 0 Å². The van der Waals surface area contributed by atoms with E-state index in [2.05, 4.69) is 5.32 Å². The molecule has 8 nitrogen and oxygen atoms in total. The Kier molecular flexibility index (Phi) is 11.0. The van der Waals surface area contributed by atoms with Gasteiger partial charge in [0.2, 0.25) is 11.8 Å². The monoisotopic (exact) mass is 636 g/mol. The van der Waals surface area contributed by atoms with Crippen LogP contribution in [-0.4, -0.2) is 61.7 Å². The van der Waals surface area contributed by atoms with E-state index in [4.69, 9.17) is 23.2 Å². The maximum absolute atomic E-state index is 14.9. The number of nitrogens with one attached hydrogen (secondary N) is 1. The summed E-state index contributed by atoms with van der Waals surface area (Å²) in [6.45, 7) is 4.43. The van der Waals surface area contributed by atoms with Gasteiger partial charge in [-0.2, -0.15) is 12.7 Å². The Morgan fingerprint density at radius 3 is 2.02 bits per heavy atom. The van der Waals surface area contributed by atoms with Crippen molar-refractivity contribution in [2.24, 2.45) is 0 Å². The number of amides is 2. The van der Waals surface area contributed by atoms with E-state index in [1.165, 1.54) is 37.2 Å². The zero-order valence-corrected chi connectivity index (χ0v) is 26.5. The van der Waals surface area contributed by atoms with Crippen LogP contribution in [0.2, 0.25) is 10.0 Å². The number of carbonyl (C=O) groups excluding carboxylic acids is 2. The summed E-state index contributed by atoms with van der Waals surface area (Å²) in [5.41, 5.74) is 0.190. The molecule has 0 fully saturated rings. The van der Waals surface area contributed by atoms with Crippen molar-refractivity contribution < 1.29 is 22.4 Å². The van der Waals surface area contributed by atoms with E-state index >= 15 is 0 Å². The molecule has 0 aliphatic carbocycles. The summed E-state index contributed by atoms with van der Waals surface area (Å²) in [6, 6.07) is 18.1. The molecule has 1 unspecified atom stereocenters. The van der Waals surface area contributed by atoms with Crippen LogP contribution in [0.15, 0.2) is 72.8 Å². The Bertz CT molecular complexity index is 1490. The third-order valence-electron chi connectivity index (χ3n) is 6.30. The average molecular weight is 638 g/mol. The fourth-order valence-electron chi connectivity index (χ4n) is 4.22. The van der Waals surface area contributed by atoms with Gasteiger partial charge in [0.05, 0.1) is 5.69 Å². The maximum atomic E-state index is 14.9. The van der Waals surface area contributed by atoms with Crippen LogP contribution in [0.25, 0.3) is 0 Å². The lowest BCUT2D eigenvalue weighted by molar-refractivity contribution is -0.140. The number of benzene rings is 3. The number of carbonyl (C=O) groups is 2. The molecule has 0 heterocycles. The Balaban J connectivity index is 2.17. The van der Waals surface area contributed by atoms with Gasteiger partial charge in [-0.25, -0.2) is 8.70 Å². The zero-order chi connectivity index (χ0) is 31.2. The molecular weight excluding hydrogens is 602 g/mol. The SMILES string of the molecule is CN(C)S(=O)(=O)N(CC(=O)N(Cc1c(Cl)cccc1Cl)C(Cc1ccccc1)C(=O)NC(C)(C)C)c1ccccc1F. The van der Waals surface area contributed by atoms with Crippen molar-refractivity contribution in [3.63, 3.8) is 0 Å². The van der Waals surface area contributed by atoms with Gasteiger partial charge in [-0.05, 0) is 50.6 Å². The molecule has 0 aliphatic heterocycles. The summed E-state index contributed by atoms with van der Waals surface area (Å²) in [5, 5.41) is 3.46. The van der Waals surface area contributed by atoms with Crippen LogP contribution in [0.5, 0.6) is 0 Å². The van der Waals surface area contributed by atoms with E-state index < -0.39 is 46.0 Å². The van der Waals surface area contributed by atoms with Crippen LogP contribution in [0.4, 0.5) is 10.1 Å². The van der Waals surface area contributed by atoms with Crippen LogP contribution < -0.4 is 9.62 Å². The Hall–Kier alpha value is -3.18. The largest absolute Gasteiger partial charge is 0.350 e. The lowest BCUT2D eigenvalue weighted by Gasteiger charge is -2.36. The second kappa shape index (κ2) is 13.9. The standard InChI is InChI=1S/C30H35Cl2FN4O4S/c1-30(2,3)34-29(39)27(18-21-12-7-6-8-13-21)36(19-22-23(31)14-11-15-24(22)32)28(38)20-37(42(40,41)35(4)5)26-17-10-9-16-25(26)33/h6-17,27H,18-20H2,1-5H3,(H,34,39). The number of anilines is 1. The van der Waals surface area contributed by atoms with Gasteiger partial charge >= 0.3 is 10.2 Å². The van der Waals surface area contributed by atoms with Crippen molar-refractivity contribution in [2.45, 2.75) is 45.3 Å². The first kappa shape index (κ1) is 33.3. The van der Waals surface area contributed by atoms with E-state index in [-0.39, 0.29) is 28.7 Å². The molecule has 0 radical (unpaired) electrons. The first-order chi connectivity index (χ1) is 19.6. The number of para-hydroxylation sites is 1. The minimum atomic E-state index is -4.34. The molecule has 1 atom stereocenters. The molecule has 42 heavy (non-hydrogen) atoms. The maximum Gasteiger partial charge on any atom is 0.304 e. The predicted molar refractivity (Wildman–Crippen MR) is 165 cm³/mol. The van der Waals surface area contributed by atoms with Crippen molar-refractivity contribution in [3.8, 4) is 0 Å². The number of hydrogen-bond acceptors (Lipinski definition) is 4. The molecule has 3 aromatic carbocycles. The third-order valence-corrected chi connectivity index (χ3v) is 8.81. The van der Waals surface area contributed by atoms with E-state index in [9.17, 15) is 22.4 Å². The van der Waals surface area contributed by atoms with Gasteiger partial charge in [0.25, 0.3) is 0 Å².